The molecule has 1 fully saturated rings. The van der Waals surface area contributed by atoms with E-state index in [0.717, 1.165) is 19.2 Å². The molecule has 0 spiro atoms. The topological polar surface area (TPSA) is 29.1 Å². The number of carbonyl (C=O) groups excluding carboxylic acids is 1. The van der Waals surface area contributed by atoms with E-state index in [4.69, 9.17) is 0 Å². The minimum absolute atomic E-state index is 0.0111. The second-order valence-electron chi connectivity index (χ2n) is 4.18. The van der Waals surface area contributed by atoms with Crippen LogP contribution in [0.15, 0.2) is 18.2 Å². The van der Waals surface area contributed by atoms with E-state index in [1.165, 1.54) is 12.1 Å². The molecule has 0 amide bonds. The molecule has 0 saturated carbocycles. The standard InChI is InChI=1S/C12H13F2NO/c13-10-2-1-9(12(14)5-10)4-11(16)3-8-6-15-7-8/h1-2,5,8,15H,3-4,6-7H2. The fraction of sp³-hybridized carbons (Fsp3) is 0.417. The monoisotopic (exact) mass is 225 g/mol. The molecule has 4 heteroatoms. The highest BCUT2D eigenvalue weighted by atomic mass is 19.1. The summed E-state index contributed by atoms with van der Waals surface area (Å²) < 4.78 is 25.9. The third-order valence-corrected chi connectivity index (χ3v) is 2.79. The molecule has 0 aromatic heterocycles. The first-order chi connectivity index (χ1) is 7.65. The molecular weight excluding hydrogens is 212 g/mol. The van der Waals surface area contributed by atoms with Gasteiger partial charge in [-0.05, 0) is 30.6 Å². The zero-order valence-corrected chi connectivity index (χ0v) is 8.80. The molecule has 0 radical (unpaired) electrons. The van der Waals surface area contributed by atoms with E-state index in [0.29, 0.717) is 12.3 Å². The first-order valence-corrected chi connectivity index (χ1v) is 5.31. The Labute approximate surface area is 92.7 Å². The normalized spacial score (nSPS) is 15.9. The molecule has 0 aliphatic carbocycles. The van der Waals surface area contributed by atoms with E-state index in [2.05, 4.69) is 5.32 Å². The highest BCUT2D eigenvalue weighted by molar-refractivity contribution is 5.81. The third kappa shape index (κ3) is 2.64. The van der Waals surface area contributed by atoms with E-state index in [1.807, 2.05) is 0 Å². The van der Waals surface area contributed by atoms with Crippen molar-refractivity contribution in [2.45, 2.75) is 12.8 Å². The van der Waals surface area contributed by atoms with Crippen molar-refractivity contribution in [2.24, 2.45) is 5.92 Å². The quantitative estimate of drug-likeness (QED) is 0.844. The van der Waals surface area contributed by atoms with Crippen LogP contribution in [0.1, 0.15) is 12.0 Å². The zero-order valence-electron chi connectivity index (χ0n) is 8.80. The van der Waals surface area contributed by atoms with E-state index in [1.54, 1.807) is 0 Å². The first kappa shape index (κ1) is 11.2. The van der Waals surface area contributed by atoms with Crippen LogP contribution in [-0.4, -0.2) is 18.9 Å². The van der Waals surface area contributed by atoms with Gasteiger partial charge in [0.1, 0.15) is 17.4 Å². The molecule has 1 heterocycles. The molecule has 2 nitrogen and oxygen atoms in total. The van der Waals surface area contributed by atoms with Gasteiger partial charge in [-0.3, -0.25) is 4.79 Å². The number of nitrogens with one attached hydrogen (secondary N) is 1. The molecule has 0 atom stereocenters. The largest absolute Gasteiger partial charge is 0.316 e. The fourth-order valence-corrected chi connectivity index (χ4v) is 1.76. The second-order valence-corrected chi connectivity index (χ2v) is 4.18. The Bertz CT molecular complexity index is 402. The Kier molecular flexibility index (Phi) is 3.29. The summed E-state index contributed by atoms with van der Waals surface area (Å²) in [5.74, 6) is -0.856. The Morgan fingerprint density at radius 2 is 2.12 bits per heavy atom. The van der Waals surface area contributed by atoms with Gasteiger partial charge in [0, 0.05) is 18.9 Å². The molecule has 1 aromatic rings. The van der Waals surface area contributed by atoms with E-state index >= 15 is 0 Å². The van der Waals surface area contributed by atoms with Gasteiger partial charge in [0.25, 0.3) is 0 Å². The number of hydrogen-bond acceptors (Lipinski definition) is 2. The first-order valence-electron chi connectivity index (χ1n) is 5.31. The van der Waals surface area contributed by atoms with Crippen molar-refractivity contribution >= 4 is 5.78 Å². The summed E-state index contributed by atoms with van der Waals surface area (Å²) >= 11 is 0. The van der Waals surface area contributed by atoms with Crippen LogP contribution in [0.2, 0.25) is 0 Å². The molecule has 86 valence electrons. The van der Waals surface area contributed by atoms with Crippen molar-refractivity contribution in [2.75, 3.05) is 13.1 Å². The van der Waals surface area contributed by atoms with Crippen molar-refractivity contribution in [3.8, 4) is 0 Å². The van der Waals surface area contributed by atoms with Crippen LogP contribution in [0.3, 0.4) is 0 Å². The Hall–Kier alpha value is -1.29. The number of halogens is 2. The average Bonchev–Trinajstić information content (AvgIpc) is 2.16. The van der Waals surface area contributed by atoms with Gasteiger partial charge in [0.05, 0.1) is 0 Å². The number of benzene rings is 1. The average molecular weight is 225 g/mol. The molecule has 0 unspecified atom stereocenters. The maximum atomic E-state index is 13.2. The van der Waals surface area contributed by atoms with Crippen LogP contribution in [0.5, 0.6) is 0 Å². The third-order valence-electron chi connectivity index (χ3n) is 2.79. The summed E-state index contributed by atoms with van der Waals surface area (Å²) in [5.41, 5.74) is 0.277. The highest BCUT2D eigenvalue weighted by Crippen LogP contribution is 2.14. The molecule has 1 aromatic carbocycles. The molecule has 0 bridgehead atoms. The molecule has 16 heavy (non-hydrogen) atoms. The fourth-order valence-electron chi connectivity index (χ4n) is 1.76. The molecule has 2 rings (SSSR count). The molecular formula is C12H13F2NO. The van der Waals surface area contributed by atoms with Gasteiger partial charge in [-0.25, -0.2) is 8.78 Å². The minimum atomic E-state index is -0.639. The van der Waals surface area contributed by atoms with Crippen molar-refractivity contribution < 1.29 is 13.6 Å². The lowest BCUT2D eigenvalue weighted by Crippen LogP contribution is -2.43. The van der Waals surface area contributed by atoms with Gasteiger partial charge < -0.3 is 5.32 Å². The summed E-state index contributed by atoms with van der Waals surface area (Å²) in [6, 6.07) is 3.33. The van der Waals surface area contributed by atoms with E-state index < -0.39 is 11.6 Å². The maximum Gasteiger partial charge on any atom is 0.137 e. The smallest absolute Gasteiger partial charge is 0.137 e. The van der Waals surface area contributed by atoms with Crippen LogP contribution in [0.4, 0.5) is 8.78 Å². The van der Waals surface area contributed by atoms with Gasteiger partial charge in [-0.2, -0.15) is 0 Å². The second kappa shape index (κ2) is 4.70. The summed E-state index contributed by atoms with van der Waals surface area (Å²) in [6.07, 6.45) is 0.534. The van der Waals surface area contributed by atoms with Crippen molar-refractivity contribution in [3.63, 3.8) is 0 Å². The minimum Gasteiger partial charge on any atom is -0.316 e. The Morgan fingerprint density at radius 1 is 1.38 bits per heavy atom. The number of Topliss-reactive ketones (excluding diaryl/α,β-unsaturated/α-hetero) is 1. The summed E-state index contributed by atoms with van der Waals surface area (Å²) in [7, 11) is 0. The van der Waals surface area contributed by atoms with E-state index in [-0.39, 0.29) is 17.8 Å². The van der Waals surface area contributed by atoms with Crippen molar-refractivity contribution in [1.82, 2.24) is 5.32 Å². The van der Waals surface area contributed by atoms with Gasteiger partial charge in [0.15, 0.2) is 0 Å². The lowest BCUT2D eigenvalue weighted by Gasteiger charge is -2.26. The summed E-state index contributed by atoms with van der Waals surface area (Å²) in [5, 5.41) is 3.07. The SMILES string of the molecule is O=C(Cc1ccc(F)cc1F)CC1CNC1. The van der Waals surface area contributed by atoms with Crippen LogP contribution < -0.4 is 5.32 Å². The molecule has 1 aliphatic rings. The Balaban J connectivity index is 1.94. The predicted molar refractivity (Wildman–Crippen MR) is 56.0 cm³/mol. The number of hydrogen-bond donors (Lipinski definition) is 1. The zero-order chi connectivity index (χ0) is 11.5. The van der Waals surface area contributed by atoms with Gasteiger partial charge in [-0.1, -0.05) is 6.07 Å². The van der Waals surface area contributed by atoms with Crippen LogP contribution in [0.25, 0.3) is 0 Å². The van der Waals surface area contributed by atoms with Gasteiger partial charge in [0.2, 0.25) is 0 Å². The van der Waals surface area contributed by atoms with Crippen molar-refractivity contribution in [1.29, 1.82) is 0 Å². The highest BCUT2D eigenvalue weighted by Gasteiger charge is 2.20. The number of carbonyl (C=O) groups is 1. The maximum absolute atomic E-state index is 13.2. The van der Waals surface area contributed by atoms with Gasteiger partial charge >= 0.3 is 0 Å². The number of ketones is 1. The molecule has 1 saturated heterocycles. The lowest BCUT2D eigenvalue weighted by molar-refractivity contribution is -0.119. The lowest BCUT2D eigenvalue weighted by atomic mass is 9.94. The summed E-state index contributed by atoms with van der Waals surface area (Å²) in [4.78, 5) is 11.6. The van der Waals surface area contributed by atoms with Gasteiger partial charge in [-0.15, -0.1) is 0 Å². The van der Waals surface area contributed by atoms with Crippen LogP contribution >= 0.6 is 0 Å². The predicted octanol–water partition coefficient (Wildman–Crippen LogP) is 1.69. The molecule has 1 N–H and O–H groups in total. The number of rotatable bonds is 4. The van der Waals surface area contributed by atoms with Crippen molar-refractivity contribution in [3.05, 3.63) is 35.4 Å². The molecule has 1 aliphatic heterocycles. The van der Waals surface area contributed by atoms with Crippen LogP contribution in [-0.2, 0) is 11.2 Å². The Morgan fingerprint density at radius 3 is 2.69 bits per heavy atom. The van der Waals surface area contributed by atoms with E-state index in [9.17, 15) is 13.6 Å². The van der Waals surface area contributed by atoms with Crippen LogP contribution in [0, 0.1) is 17.6 Å². The summed E-state index contributed by atoms with van der Waals surface area (Å²) in [6.45, 7) is 1.72.